The van der Waals surface area contributed by atoms with Crippen molar-refractivity contribution in [3.8, 4) is 6.07 Å². The fraction of sp³-hybridized carbons (Fsp3) is 0.556. The topological polar surface area (TPSA) is 73.6 Å². The van der Waals surface area contributed by atoms with Crippen molar-refractivity contribution in [2.24, 2.45) is 0 Å². The van der Waals surface area contributed by atoms with E-state index in [1.165, 1.54) is 0 Å². The van der Waals surface area contributed by atoms with Crippen LogP contribution in [0.2, 0.25) is 0 Å². The number of hydrogen-bond acceptors (Lipinski definition) is 4. The number of nitrogens with zero attached hydrogens (tertiary/aromatic N) is 2. The zero-order valence-electron chi connectivity index (χ0n) is 13.4. The van der Waals surface area contributed by atoms with Gasteiger partial charge in [0.15, 0.2) is 0 Å². The standard InChI is InChI=1S/C18H22N2O3/c1-13(15-4-2-14(12-19)3-5-15)20-11-10-18(23-17(20)22)8-6-16(21)7-9-18/h2-5,13,16,21H,6-11H2,1H3/t13-,16-,18+/m0/s1. The highest BCUT2D eigenvalue weighted by Crippen LogP contribution is 2.39. The first-order valence-corrected chi connectivity index (χ1v) is 8.21. The molecule has 1 spiro atoms. The van der Waals surface area contributed by atoms with Gasteiger partial charge in [0, 0.05) is 13.0 Å². The number of carbonyl (C=O) groups excluding carboxylic acids is 1. The number of amides is 1. The van der Waals surface area contributed by atoms with E-state index >= 15 is 0 Å². The molecular formula is C18H22N2O3. The Labute approximate surface area is 136 Å². The second-order valence-corrected chi connectivity index (χ2v) is 6.64. The highest BCUT2D eigenvalue weighted by Gasteiger charge is 2.44. The Morgan fingerprint density at radius 2 is 1.96 bits per heavy atom. The predicted octanol–water partition coefficient (Wildman–Crippen LogP) is 3.14. The Balaban J connectivity index is 1.68. The van der Waals surface area contributed by atoms with E-state index in [2.05, 4.69) is 6.07 Å². The van der Waals surface area contributed by atoms with Gasteiger partial charge in [0.2, 0.25) is 0 Å². The molecule has 1 aliphatic carbocycles. The van der Waals surface area contributed by atoms with Crippen molar-refractivity contribution in [1.29, 1.82) is 5.26 Å². The van der Waals surface area contributed by atoms with Crippen LogP contribution < -0.4 is 0 Å². The number of rotatable bonds is 2. The van der Waals surface area contributed by atoms with E-state index in [0.717, 1.165) is 24.8 Å². The van der Waals surface area contributed by atoms with Crippen LogP contribution in [0.3, 0.4) is 0 Å². The maximum atomic E-state index is 12.5. The molecule has 2 aliphatic rings. The van der Waals surface area contributed by atoms with Gasteiger partial charge in [0.05, 0.1) is 23.8 Å². The molecule has 1 heterocycles. The highest BCUT2D eigenvalue weighted by molar-refractivity contribution is 5.70. The third-order valence-corrected chi connectivity index (χ3v) is 5.20. The third-order valence-electron chi connectivity index (χ3n) is 5.20. The molecule has 0 bridgehead atoms. The van der Waals surface area contributed by atoms with Gasteiger partial charge in [-0.25, -0.2) is 4.79 Å². The normalized spacial score (nSPS) is 29.0. The number of nitriles is 1. The molecule has 1 amide bonds. The lowest BCUT2D eigenvalue weighted by Crippen LogP contribution is -2.52. The highest BCUT2D eigenvalue weighted by atomic mass is 16.6. The van der Waals surface area contributed by atoms with Crippen LogP contribution in [0.1, 0.15) is 56.2 Å². The maximum absolute atomic E-state index is 12.5. The molecule has 0 radical (unpaired) electrons. The van der Waals surface area contributed by atoms with Crippen LogP contribution in [-0.4, -0.2) is 34.3 Å². The first-order valence-electron chi connectivity index (χ1n) is 8.21. The molecule has 122 valence electrons. The van der Waals surface area contributed by atoms with Gasteiger partial charge in [-0.15, -0.1) is 0 Å². The summed E-state index contributed by atoms with van der Waals surface area (Å²) in [6.07, 6.45) is 3.19. The van der Waals surface area contributed by atoms with E-state index in [1.54, 1.807) is 17.0 Å². The quantitative estimate of drug-likeness (QED) is 0.910. The van der Waals surface area contributed by atoms with E-state index in [0.29, 0.717) is 24.9 Å². The zero-order chi connectivity index (χ0) is 16.4. The Morgan fingerprint density at radius 1 is 1.30 bits per heavy atom. The average molecular weight is 314 g/mol. The Bertz CT molecular complexity index is 612. The molecule has 5 heteroatoms. The summed E-state index contributed by atoms with van der Waals surface area (Å²) in [4.78, 5) is 14.2. The van der Waals surface area contributed by atoms with Crippen LogP contribution in [0.25, 0.3) is 0 Å². The summed E-state index contributed by atoms with van der Waals surface area (Å²) in [7, 11) is 0. The fourth-order valence-corrected chi connectivity index (χ4v) is 3.56. The lowest BCUT2D eigenvalue weighted by atomic mass is 9.80. The summed E-state index contributed by atoms with van der Waals surface area (Å²) in [5.74, 6) is 0. The fourth-order valence-electron chi connectivity index (χ4n) is 3.56. The summed E-state index contributed by atoms with van der Waals surface area (Å²) in [5, 5.41) is 18.5. The monoisotopic (exact) mass is 314 g/mol. The molecule has 1 saturated carbocycles. The Morgan fingerprint density at radius 3 is 2.52 bits per heavy atom. The minimum atomic E-state index is -0.378. The third kappa shape index (κ3) is 3.18. The molecular weight excluding hydrogens is 292 g/mol. The van der Waals surface area contributed by atoms with Gasteiger partial charge < -0.3 is 14.7 Å². The van der Waals surface area contributed by atoms with Crippen LogP contribution in [0.15, 0.2) is 24.3 Å². The number of ether oxygens (including phenoxy) is 1. The second-order valence-electron chi connectivity index (χ2n) is 6.64. The van der Waals surface area contributed by atoms with Crippen molar-refractivity contribution in [1.82, 2.24) is 4.90 Å². The molecule has 0 unspecified atom stereocenters. The van der Waals surface area contributed by atoms with Crippen LogP contribution in [-0.2, 0) is 4.74 Å². The first-order chi connectivity index (χ1) is 11.0. The molecule has 5 nitrogen and oxygen atoms in total. The van der Waals surface area contributed by atoms with Crippen molar-refractivity contribution in [3.63, 3.8) is 0 Å². The summed E-state index contributed by atoms with van der Waals surface area (Å²) in [6.45, 7) is 2.64. The second kappa shape index (κ2) is 6.21. The Hall–Kier alpha value is -2.06. The molecule has 0 aromatic heterocycles. The molecule has 3 rings (SSSR count). The molecule has 23 heavy (non-hydrogen) atoms. The molecule has 1 aliphatic heterocycles. The predicted molar refractivity (Wildman–Crippen MR) is 84.6 cm³/mol. The summed E-state index contributed by atoms with van der Waals surface area (Å²) in [6, 6.07) is 9.33. The minimum Gasteiger partial charge on any atom is -0.443 e. The van der Waals surface area contributed by atoms with E-state index < -0.39 is 0 Å². The van der Waals surface area contributed by atoms with Crippen molar-refractivity contribution in [2.45, 2.75) is 56.8 Å². The average Bonchev–Trinajstić information content (AvgIpc) is 2.57. The van der Waals surface area contributed by atoms with Gasteiger partial charge in [0.25, 0.3) is 0 Å². The van der Waals surface area contributed by atoms with Gasteiger partial charge in [-0.1, -0.05) is 12.1 Å². The molecule has 1 N–H and O–H groups in total. The number of hydrogen-bond donors (Lipinski definition) is 1. The molecule has 2 fully saturated rings. The number of benzene rings is 1. The maximum Gasteiger partial charge on any atom is 0.410 e. The Kier molecular flexibility index (Phi) is 4.27. The number of carbonyl (C=O) groups is 1. The van der Waals surface area contributed by atoms with Gasteiger partial charge in [-0.05, 0) is 50.3 Å². The van der Waals surface area contributed by atoms with Gasteiger partial charge in [-0.3, -0.25) is 0 Å². The van der Waals surface area contributed by atoms with E-state index in [4.69, 9.17) is 10.00 Å². The lowest BCUT2D eigenvalue weighted by Gasteiger charge is -2.45. The van der Waals surface area contributed by atoms with Crippen molar-refractivity contribution in [3.05, 3.63) is 35.4 Å². The smallest absolute Gasteiger partial charge is 0.410 e. The van der Waals surface area contributed by atoms with Crippen LogP contribution in [0.5, 0.6) is 0 Å². The molecule has 1 saturated heterocycles. The van der Waals surface area contributed by atoms with Crippen molar-refractivity contribution in [2.75, 3.05) is 6.54 Å². The summed E-state index contributed by atoms with van der Waals surface area (Å²) in [5.41, 5.74) is 1.23. The first kappa shape index (κ1) is 15.8. The van der Waals surface area contributed by atoms with E-state index in [1.807, 2.05) is 19.1 Å². The van der Waals surface area contributed by atoms with Crippen molar-refractivity contribution < 1.29 is 14.6 Å². The van der Waals surface area contributed by atoms with Gasteiger partial charge in [-0.2, -0.15) is 5.26 Å². The molecule has 1 aromatic carbocycles. The SMILES string of the molecule is C[C@@H](c1ccc(C#N)cc1)N1CC[C@]2(CC[C@H](O)CC2)OC1=O. The largest absolute Gasteiger partial charge is 0.443 e. The molecule has 1 atom stereocenters. The minimum absolute atomic E-state index is 0.0817. The lowest BCUT2D eigenvalue weighted by molar-refractivity contribution is -0.0908. The van der Waals surface area contributed by atoms with Crippen LogP contribution in [0, 0.1) is 11.3 Å². The van der Waals surface area contributed by atoms with Gasteiger partial charge >= 0.3 is 6.09 Å². The van der Waals surface area contributed by atoms with Crippen LogP contribution >= 0.6 is 0 Å². The van der Waals surface area contributed by atoms with Crippen molar-refractivity contribution >= 4 is 6.09 Å². The van der Waals surface area contributed by atoms with E-state index in [9.17, 15) is 9.90 Å². The molecule has 1 aromatic rings. The number of aliphatic hydroxyl groups excluding tert-OH is 1. The van der Waals surface area contributed by atoms with Gasteiger partial charge in [0.1, 0.15) is 5.60 Å². The van der Waals surface area contributed by atoms with E-state index in [-0.39, 0.29) is 23.8 Å². The summed E-state index contributed by atoms with van der Waals surface area (Å²) < 4.78 is 5.79. The number of aliphatic hydroxyl groups is 1. The zero-order valence-corrected chi connectivity index (χ0v) is 13.4. The summed E-state index contributed by atoms with van der Waals surface area (Å²) >= 11 is 0. The van der Waals surface area contributed by atoms with Crippen LogP contribution in [0.4, 0.5) is 4.79 Å².